The summed E-state index contributed by atoms with van der Waals surface area (Å²) in [5.74, 6) is -1.10. The molecule has 0 saturated carbocycles. The van der Waals surface area contributed by atoms with Crippen LogP contribution in [-0.4, -0.2) is 46.4 Å². The van der Waals surface area contributed by atoms with E-state index in [-0.39, 0.29) is 12.0 Å². The molecular weight excluding hydrogens is 376 g/mol. The lowest BCUT2D eigenvalue weighted by molar-refractivity contribution is -0.141. The number of carbonyl (C=O) groups excluding carboxylic acids is 2. The molecule has 0 fully saturated rings. The van der Waals surface area contributed by atoms with Gasteiger partial charge in [0.1, 0.15) is 29.0 Å². The van der Waals surface area contributed by atoms with Crippen LogP contribution in [0.3, 0.4) is 0 Å². The monoisotopic (exact) mass is 408 g/mol. The highest BCUT2D eigenvalue weighted by Crippen LogP contribution is 2.19. The van der Waals surface area contributed by atoms with Crippen molar-refractivity contribution in [1.82, 2.24) is 10.6 Å². The molecule has 0 aromatic heterocycles. The largest absolute Gasteiger partial charge is 0.488 e. The second-order valence-corrected chi connectivity index (χ2v) is 8.83. The smallest absolute Gasteiger partial charge is 0.408 e. The number of carboxylic acid groups (broad SMARTS) is 1. The second kappa shape index (κ2) is 9.62. The van der Waals surface area contributed by atoms with Crippen molar-refractivity contribution < 1.29 is 29.0 Å². The van der Waals surface area contributed by atoms with Crippen molar-refractivity contribution in [3.8, 4) is 5.75 Å². The number of alkyl carbamates (subject to hydrolysis) is 1. The maximum absolute atomic E-state index is 12.5. The van der Waals surface area contributed by atoms with Gasteiger partial charge in [-0.2, -0.15) is 0 Å². The van der Waals surface area contributed by atoms with Gasteiger partial charge < -0.3 is 25.2 Å². The van der Waals surface area contributed by atoms with Crippen LogP contribution in [0.1, 0.15) is 54.0 Å². The van der Waals surface area contributed by atoms with Crippen LogP contribution in [-0.2, 0) is 20.7 Å². The molecule has 0 bridgehead atoms. The van der Waals surface area contributed by atoms with Gasteiger partial charge in [0, 0.05) is 6.42 Å². The van der Waals surface area contributed by atoms with E-state index in [0.29, 0.717) is 5.75 Å². The lowest BCUT2D eigenvalue weighted by Gasteiger charge is -2.24. The van der Waals surface area contributed by atoms with Gasteiger partial charge >= 0.3 is 12.1 Å². The average molecular weight is 408 g/mol. The number of hydrogen-bond donors (Lipinski definition) is 3. The molecule has 3 N–H and O–H groups in total. The zero-order valence-electron chi connectivity index (χ0n) is 18.2. The molecular formula is C21H32N2O6. The average Bonchev–Trinajstić information content (AvgIpc) is 2.52. The van der Waals surface area contributed by atoms with Gasteiger partial charge in [-0.15, -0.1) is 0 Å². The van der Waals surface area contributed by atoms with Gasteiger partial charge in [-0.1, -0.05) is 12.1 Å². The number of aliphatic carboxylic acids is 1. The van der Waals surface area contributed by atoms with E-state index in [1.807, 2.05) is 20.8 Å². The van der Waals surface area contributed by atoms with E-state index in [0.717, 1.165) is 5.56 Å². The van der Waals surface area contributed by atoms with Crippen molar-refractivity contribution in [3.63, 3.8) is 0 Å². The second-order valence-electron chi connectivity index (χ2n) is 8.83. The molecule has 162 valence electrons. The van der Waals surface area contributed by atoms with Gasteiger partial charge in [0.2, 0.25) is 5.91 Å². The van der Waals surface area contributed by atoms with Crippen LogP contribution in [0.25, 0.3) is 0 Å². The minimum Gasteiger partial charge on any atom is -0.488 e. The SMILES string of the molecule is CC(NC(=O)C(Cc1ccc(OC(C)(C)C)cc1)NC(=O)OC(C)(C)C)C(=O)O. The van der Waals surface area contributed by atoms with Crippen LogP contribution < -0.4 is 15.4 Å². The molecule has 2 unspecified atom stereocenters. The van der Waals surface area contributed by atoms with Gasteiger partial charge in [-0.3, -0.25) is 9.59 Å². The van der Waals surface area contributed by atoms with E-state index >= 15 is 0 Å². The summed E-state index contributed by atoms with van der Waals surface area (Å²) in [6.45, 7) is 12.3. The number of rotatable bonds is 7. The number of carbonyl (C=O) groups is 3. The third-order valence-corrected chi connectivity index (χ3v) is 3.52. The zero-order chi connectivity index (χ0) is 22.4. The van der Waals surface area contributed by atoms with E-state index in [1.165, 1.54) is 6.92 Å². The van der Waals surface area contributed by atoms with E-state index in [2.05, 4.69) is 10.6 Å². The highest BCUT2D eigenvalue weighted by atomic mass is 16.6. The Morgan fingerprint density at radius 2 is 1.52 bits per heavy atom. The summed E-state index contributed by atoms with van der Waals surface area (Å²) in [5.41, 5.74) is -0.300. The maximum Gasteiger partial charge on any atom is 0.408 e. The van der Waals surface area contributed by atoms with Gasteiger partial charge in [0.05, 0.1) is 0 Å². The molecule has 0 spiro atoms. The molecule has 2 atom stereocenters. The summed E-state index contributed by atoms with van der Waals surface area (Å²) >= 11 is 0. The fraction of sp³-hybridized carbons (Fsp3) is 0.571. The highest BCUT2D eigenvalue weighted by Gasteiger charge is 2.27. The van der Waals surface area contributed by atoms with Crippen molar-refractivity contribution >= 4 is 18.0 Å². The predicted octanol–water partition coefficient (Wildman–Crippen LogP) is 2.89. The number of nitrogens with one attached hydrogen (secondary N) is 2. The summed E-state index contributed by atoms with van der Waals surface area (Å²) in [7, 11) is 0. The van der Waals surface area contributed by atoms with Crippen LogP contribution in [0.15, 0.2) is 24.3 Å². The Labute approximate surface area is 172 Å². The summed E-state index contributed by atoms with van der Waals surface area (Å²) in [6, 6.07) is 5.05. The first-order valence-electron chi connectivity index (χ1n) is 9.47. The molecule has 1 rings (SSSR count). The number of carboxylic acids is 1. The van der Waals surface area contributed by atoms with Crippen molar-refractivity contribution in [1.29, 1.82) is 0 Å². The molecule has 8 heteroatoms. The Hall–Kier alpha value is -2.77. The molecule has 0 saturated heterocycles. The van der Waals surface area contributed by atoms with Crippen LogP contribution in [0, 0.1) is 0 Å². The molecule has 0 aliphatic carbocycles. The standard InChI is InChI=1S/C21H32N2O6/c1-13(18(25)26)22-17(24)16(23-19(27)29-21(5,6)7)12-14-8-10-15(11-9-14)28-20(2,3)4/h8-11,13,16H,12H2,1-7H3,(H,22,24)(H,23,27)(H,25,26). The first-order chi connectivity index (χ1) is 13.2. The van der Waals surface area contributed by atoms with Gasteiger partial charge in [-0.25, -0.2) is 4.79 Å². The summed E-state index contributed by atoms with van der Waals surface area (Å²) in [6.07, 6.45) is -0.596. The van der Waals surface area contributed by atoms with Crippen LogP contribution in [0.4, 0.5) is 4.79 Å². The van der Waals surface area contributed by atoms with E-state index in [1.54, 1.807) is 45.0 Å². The molecule has 1 aromatic rings. The summed E-state index contributed by atoms with van der Waals surface area (Å²) in [4.78, 5) is 35.7. The summed E-state index contributed by atoms with van der Waals surface area (Å²) < 4.78 is 11.0. The Bertz CT molecular complexity index is 716. The number of benzene rings is 1. The fourth-order valence-electron chi connectivity index (χ4n) is 2.32. The Kier molecular flexibility index (Phi) is 8.05. The van der Waals surface area contributed by atoms with Gasteiger partial charge in [0.25, 0.3) is 0 Å². The van der Waals surface area contributed by atoms with E-state index in [4.69, 9.17) is 14.6 Å². The first-order valence-corrected chi connectivity index (χ1v) is 9.47. The normalized spacial score (nSPS) is 13.8. The van der Waals surface area contributed by atoms with Crippen LogP contribution in [0.5, 0.6) is 5.75 Å². The van der Waals surface area contributed by atoms with E-state index in [9.17, 15) is 14.4 Å². The first kappa shape index (κ1) is 24.3. The van der Waals surface area contributed by atoms with Gasteiger partial charge in [0.15, 0.2) is 0 Å². The Morgan fingerprint density at radius 1 is 0.966 bits per heavy atom. The van der Waals surface area contributed by atoms with Crippen molar-refractivity contribution in [3.05, 3.63) is 29.8 Å². The Morgan fingerprint density at radius 3 is 1.97 bits per heavy atom. The van der Waals surface area contributed by atoms with Crippen molar-refractivity contribution in [2.24, 2.45) is 0 Å². The highest BCUT2D eigenvalue weighted by molar-refractivity contribution is 5.89. The molecule has 29 heavy (non-hydrogen) atoms. The molecule has 0 aliphatic heterocycles. The van der Waals surface area contributed by atoms with Gasteiger partial charge in [-0.05, 0) is 66.2 Å². The summed E-state index contributed by atoms with van der Waals surface area (Å²) in [5, 5.41) is 13.9. The molecule has 1 aromatic carbocycles. The fourth-order valence-corrected chi connectivity index (χ4v) is 2.32. The number of ether oxygens (including phenoxy) is 2. The van der Waals surface area contributed by atoms with Crippen LogP contribution in [0.2, 0.25) is 0 Å². The predicted molar refractivity (Wildman–Crippen MR) is 109 cm³/mol. The zero-order valence-corrected chi connectivity index (χ0v) is 18.2. The number of amides is 2. The maximum atomic E-state index is 12.5. The number of hydrogen-bond acceptors (Lipinski definition) is 5. The quantitative estimate of drug-likeness (QED) is 0.639. The molecule has 0 radical (unpaired) electrons. The molecule has 8 nitrogen and oxygen atoms in total. The Balaban J connectivity index is 2.93. The topological polar surface area (TPSA) is 114 Å². The third-order valence-electron chi connectivity index (χ3n) is 3.52. The minimum atomic E-state index is -1.17. The van der Waals surface area contributed by atoms with Crippen LogP contribution >= 0.6 is 0 Å². The third kappa shape index (κ3) is 9.82. The molecule has 0 heterocycles. The minimum absolute atomic E-state index is 0.160. The lowest BCUT2D eigenvalue weighted by Crippen LogP contribution is -2.52. The van der Waals surface area contributed by atoms with E-state index < -0.39 is 35.7 Å². The van der Waals surface area contributed by atoms with Crippen molar-refractivity contribution in [2.45, 2.75) is 78.2 Å². The molecule has 0 aliphatic rings. The lowest BCUT2D eigenvalue weighted by atomic mass is 10.0. The molecule has 2 amide bonds. The van der Waals surface area contributed by atoms with Crippen molar-refractivity contribution in [2.75, 3.05) is 0 Å².